The fraction of sp³-hybridized carbons (Fsp3) is 0.400. The Kier molecular flexibility index (Phi) is 3.70. The van der Waals surface area contributed by atoms with Crippen LogP contribution in [-0.2, 0) is 11.2 Å². The van der Waals surface area contributed by atoms with Crippen molar-refractivity contribution in [3.8, 4) is 0 Å². The van der Waals surface area contributed by atoms with Gasteiger partial charge in [0.25, 0.3) is 0 Å². The van der Waals surface area contributed by atoms with Crippen molar-refractivity contribution in [1.29, 1.82) is 0 Å². The number of hydrogen-bond donors (Lipinski definition) is 0. The largest absolute Gasteiger partial charge is 0.368 e. The van der Waals surface area contributed by atoms with Gasteiger partial charge in [-0.15, -0.1) is 0 Å². The number of fused-ring (bicyclic) bond motifs is 5. The molecule has 0 bridgehead atoms. The lowest BCUT2D eigenvalue weighted by Gasteiger charge is -2.20. The Bertz CT molecular complexity index is 727. The number of halogens is 1. The minimum atomic E-state index is -0.149. The van der Waals surface area contributed by atoms with Crippen molar-refractivity contribution in [3.05, 3.63) is 70.5 Å². The number of nitrogens with zero attached hydrogens (tertiary/aromatic N) is 1. The van der Waals surface area contributed by atoms with Gasteiger partial charge in [0.2, 0.25) is 0 Å². The Morgan fingerprint density at radius 3 is 2.70 bits per heavy atom. The molecular weight excluding hydrogens is 289 g/mol. The summed E-state index contributed by atoms with van der Waals surface area (Å²) in [5.41, 5.74) is 4.95. The van der Waals surface area contributed by atoms with Crippen molar-refractivity contribution in [2.45, 2.75) is 31.0 Å². The van der Waals surface area contributed by atoms with Crippen molar-refractivity contribution < 1.29 is 9.13 Å². The third-order valence-electron chi connectivity index (χ3n) is 5.04. The van der Waals surface area contributed by atoms with Gasteiger partial charge in [0.15, 0.2) is 0 Å². The SMILES string of the molecule is CN(C)C[C@H]1CC2c3cc(F)ccc3Cc3ccccc3C2O1. The molecule has 1 saturated heterocycles. The van der Waals surface area contributed by atoms with E-state index in [0.717, 1.165) is 24.9 Å². The second-order valence-corrected chi connectivity index (χ2v) is 7.00. The Hall–Kier alpha value is -1.71. The summed E-state index contributed by atoms with van der Waals surface area (Å²) in [6, 6.07) is 13.8. The van der Waals surface area contributed by atoms with Gasteiger partial charge in [0.05, 0.1) is 12.2 Å². The minimum Gasteiger partial charge on any atom is -0.368 e. The second kappa shape index (κ2) is 5.73. The van der Waals surface area contributed by atoms with E-state index in [9.17, 15) is 4.39 Å². The molecule has 2 nitrogen and oxygen atoms in total. The van der Waals surface area contributed by atoms with Gasteiger partial charge < -0.3 is 9.64 Å². The van der Waals surface area contributed by atoms with Crippen LogP contribution in [0.15, 0.2) is 42.5 Å². The molecule has 4 rings (SSSR count). The smallest absolute Gasteiger partial charge is 0.123 e. The second-order valence-electron chi connectivity index (χ2n) is 7.00. The molecule has 1 aliphatic heterocycles. The zero-order valence-corrected chi connectivity index (χ0v) is 13.6. The molecule has 1 fully saturated rings. The molecule has 0 N–H and O–H groups in total. The highest BCUT2D eigenvalue weighted by Gasteiger charge is 2.40. The Morgan fingerprint density at radius 2 is 1.87 bits per heavy atom. The van der Waals surface area contributed by atoms with E-state index in [1.54, 1.807) is 12.1 Å². The maximum atomic E-state index is 13.9. The lowest BCUT2D eigenvalue weighted by atomic mass is 9.87. The molecule has 2 aromatic rings. The molecule has 2 unspecified atom stereocenters. The van der Waals surface area contributed by atoms with Crippen molar-refractivity contribution >= 4 is 0 Å². The summed E-state index contributed by atoms with van der Waals surface area (Å²) in [5.74, 6) is 0.0961. The van der Waals surface area contributed by atoms with Crippen molar-refractivity contribution in [3.63, 3.8) is 0 Å². The number of rotatable bonds is 2. The summed E-state index contributed by atoms with van der Waals surface area (Å²) in [6.45, 7) is 0.903. The highest BCUT2D eigenvalue weighted by atomic mass is 19.1. The maximum absolute atomic E-state index is 13.9. The third kappa shape index (κ3) is 2.68. The van der Waals surface area contributed by atoms with E-state index in [0.29, 0.717) is 0 Å². The van der Waals surface area contributed by atoms with E-state index in [4.69, 9.17) is 4.74 Å². The molecule has 0 amide bonds. The van der Waals surface area contributed by atoms with Crippen LogP contribution in [0, 0.1) is 5.82 Å². The zero-order chi connectivity index (χ0) is 16.0. The average Bonchev–Trinajstić information content (AvgIpc) is 2.87. The van der Waals surface area contributed by atoms with Crippen molar-refractivity contribution in [2.75, 3.05) is 20.6 Å². The summed E-state index contributed by atoms with van der Waals surface area (Å²) >= 11 is 0. The van der Waals surface area contributed by atoms with E-state index in [2.05, 4.69) is 43.3 Å². The van der Waals surface area contributed by atoms with Gasteiger partial charge in [0, 0.05) is 12.5 Å². The first kappa shape index (κ1) is 14.9. The summed E-state index contributed by atoms with van der Waals surface area (Å²) in [7, 11) is 4.14. The maximum Gasteiger partial charge on any atom is 0.123 e. The Balaban J connectivity index is 1.80. The lowest BCUT2D eigenvalue weighted by molar-refractivity contribution is 0.0272. The molecule has 1 heterocycles. The summed E-state index contributed by atoms with van der Waals surface area (Å²) < 4.78 is 20.3. The van der Waals surface area contributed by atoms with Crippen LogP contribution in [-0.4, -0.2) is 31.6 Å². The van der Waals surface area contributed by atoms with Crippen LogP contribution >= 0.6 is 0 Å². The van der Waals surface area contributed by atoms with Gasteiger partial charge in [-0.2, -0.15) is 0 Å². The first-order valence-electron chi connectivity index (χ1n) is 8.28. The minimum absolute atomic E-state index is 0.0409. The normalized spacial score (nSPS) is 25.7. The van der Waals surface area contributed by atoms with Crippen LogP contribution in [0.3, 0.4) is 0 Å². The predicted octanol–water partition coefficient (Wildman–Crippen LogP) is 3.91. The van der Waals surface area contributed by atoms with Gasteiger partial charge in [0.1, 0.15) is 5.82 Å². The average molecular weight is 311 g/mol. The van der Waals surface area contributed by atoms with Gasteiger partial charge in [-0.3, -0.25) is 0 Å². The van der Waals surface area contributed by atoms with Crippen LogP contribution < -0.4 is 0 Å². The molecule has 0 radical (unpaired) electrons. The predicted molar refractivity (Wildman–Crippen MR) is 89.2 cm³/mol. The van der Waals surface area contributed by atoms with Crippen LogP contribution in [0.4, 0.5) is 4.39 Å². The van der Waals surface area contributed by atoms with Crippen molar-refractivity contribution in [1.82, 2.24) is 4.90 Å². The summed E-state index contributed by atoms with van der Waals surface area (Å²) in [5, 5.41) is 0. The van der Waals surface area contributed by atoms with E-state index in [-0.39, 0.29) is 23.9 Å². The van der Waals surface area contributed by atoms with Gasteiger partial charge >= 0.3 is 0 Å². The van der Waals surface area contributed by atoms with Crippen LogP contribution in [0.1, 0.15) is 40.7 Å². The third-order valence-corrected chi connectivity index (χ3v) is 5.04. The number of likely N-dealkylation sites (N-methyl/N-ethyl adjacent to an activating group) is 1. The fourth-order valence-electron chi connectivity index (χ4n) is 4.12. The monoisotopic (exact) mass is 311 g/mol. The molecule has 3 heteroatoms. The fourth-order valence-corrected chi connectivity index (χ4v) is 4.12. The quantitative estimate of drug-likeness (QED) is 0.834. The number of hydrogen-bond acceptors (Lipinski definition) is 2. The summed E-state index contributed by atoms with van der Waals surface area (Å²) in [6.07, 6.45) is 2.05. The molecule has 2 aromatic carbocycles. The molecule has 0 saturated carbocycles. The first-order chi connectivity index (χ1) is 11.1. The molecule has 3 atom stereocenters. The van der Waals surface area contributed by atoms with E-state index >= 15 is 0 Å². The van der Waals surface area contributed by atoms with Crippen molar-refractivity contribution in [2.24, 2.45) is 0 Å². The van der Waals surface area contributed by atoms with E-state index in [1.165, 1.54) is 16.7 Å². The standard InChI is InChI=1S/C20H22FNO/c1-22(2)12-16-11-19-18-10-15(21)8-7-14(18)9-13-5-3-4-6-17(13)20(19)23-16/h3-8,10,16,19-20H,9,11-12H2,1-2H3/t16-,19?,20?/m1/s1. The van der Waals surface area contributed by atoms with Crippen LogP contribution in [0.5, 0.6) is 0 Å². The van der Waals surface area contributed by atoms with Gasteiger partial charge in [-0.05, 0) is 61.3 Å². The molecule has 23 heavy (non-hydrogen) atoms. The van der Waals surface area contributed by atoms with Gasteiger partial charge in [-0.25, -0.2) is 4.39 Å². The zero-order valence-electron chi connectivity index (χ0n) is 13.6. The summed E-state index contributed by atoms with van der Waals surface area (Å²) in [4.78, 5) is 2.16. The molecule has 1 aliphatic carbocycles. The molecule has 0 aromatic heterocycles. The number of benzene rings is 2. The topological polar surface area (TPSA) is 12.5 Å². The first-order valence-corrected chi connectivity index (χ1v) is 8.28. The highest BCUT2D eigenvalue weighted by Crippen LogP contribution is 2.49. The van der Waals surface area contributed by atoms with Gasteiger partial charge in [-0.1, -0.05) is 30.3 Å². The molecule has 120 valence electrons. The Labute approximate surface area is 136 Å². The molecular formula is C20H22FNO. The molecule has 2 aliphatic rings. The Morgan fingerprint density at radius 1 is 1.09 bits per heavy atom. The van der Waals surface area contributed by atoms with Crippen LogP contribution in [0.2, 0.25) is 0 Å². The van der Waals surface area contributed by atoms with E-state index < -0.39 is 0 Å². The lowest BCUT2D eigenvalue weighted by Crippen LogP contribution is -2.25. The number of ether oxygens (including phenoxy) is 1. The van der Waals surface area contributed by atoms with Crippen LogP contribution in [0.25, 0.3) is 0 Å². The van der Waals surface area contributed by atoms with E-state index in [1.807, 2.05) is 6.07 Å². The highest BCUT2D eigenvalue weighted by molar-refractivity contribution is 5.45. The molecule has 0 spiro atoms.